The van der Waals surface area contributed by atoms with Crippen molar-refractivity contribution in [3.05, 3.63) is 28.8 Å². The third kappa shape index (κ3) is 5.93. The van der Waals surface area contributed by atoms with Crippen LogP contribution in [0.4, 0.5) is 9.93 Å². The minimum atomic E-state index is -0.537. The Hall–Kier alpha value is -1.14. The highest BCUT2D eigenvalue weighted by Crippen LogP contribution is 2.34. The number of ether oxygens (including phenoxy) is 1. The number of hydrogen-bond donors (Lipinski definition) is 1. The number of amides is 1. The average Bonchev–Trinajstić information content (AvgIpc) is 2.77. The lowest BCUT2D eigenvalue weighted by Crippen LogP contribution is -2.27. The second-order valence-electron chi connectivity index (χ2n) is 5.88. The van der Waals surface area contributed by atoms with Gasteiger partial charge in [-0.15, -0.1) is 6.58 Å². The molecule has 1 aromatic heterocycles. The van der Waals surface area contributed by atoms with Gasteiger partial charge in [0.1, 0.15) is 5.60 Å². The molecule has 1 unspecified atom stereocenters. The van der Waals surface area contributed by atoms with E-state index in [4.69, 9.17) is 4.74 Å². The first-order chi connectivity index (χ1) is 10.2. The van der Waals surface area contributed by atoms with Crippen molar-refractivity contribution in [2.24, 2.45) is 0 Å². The molecule has 0 bridgehead atoms. The summed E-state index contributed by atoms with van der Waals surface area (Å²) in [7, 11) is 0. The lowest BCUT2D eigenvalue weighted by atomic mass is 10.2. The summed E-state index contributed by atoms with van der Waals surface area (Å²) in [5.74, 6) is 0. The number of allylic oxidation sites excluding steroid dienone is 2. The van der Waals surface area contributed by atoms with Crippen molar-refractivity contribution in [2.45, 2.75) is 51.5 Å². The van der Waals surface area contributed by atoms with Crippen LogP contribution in [0.15, 0.2) is 18.2 Å². The summed E-state index contributed by atoms with van der Waals surface area (Å²) in [6.07, 6.45) is 4.32. The van der Waals surface area contributed by atoms with Crippen LogP contribution in [0, 0.1) is 0 Å². The maximum absolute atomic E-state index is 11.9. The van der Waals surface area contributed by atoms with Crippen molar-refractivity contribution in [3.63, 3.8) is 0 Å². The number of nitrogens with one attached hydrogen (secondary N) is 1. The molecule has 0 fully saturated rings. The highest BCUT2D eigenvalue weighted by Gasteiger charge is 2.20. The SMILES string of the molecule is C=CC(Br)c1nc(NC(=O)OC(C)(C)C)sc1/C=C(/C)CC. The van der Waals surface area contributed by atoms with E-state index in [9.17, 15) is 4.79 Å². The van der Waals surface area contributed by atoms with Crippen molar-refractivity contribution in [1.29, 1.82) is 0 Å². The van der Waals surface area contributed by atoms with Crippen molar-refractivity contribution in [1.82, 2.24) is 4.98 Å². The van der Waals surface area contributed by atoms with Crippen molar-refractivity contribution in [2.75, 3.05) is 5.32 Å². The standard InChI is InChI=1S/C16H23BrN2O2S/c1-7-10(3)9-12-13(11(17)8-2)18-14(22-12)19-15(20)21-16(4,5)6/h8-9,11H,2,7H2,1,3-6H3,(H,18,19,20)/b10-9-. The molecule has 1 aromatic rings. The summed E-state index contributed by atoms with van der Waals surface area (Å²) < 4.78 is 5.25. The molecule has 0 aliphatic carbocycles. The number of halogens is 1. The minimum absolute atomic E-state index is 0.0613. The van der Waals surface area contributed by atoms with E-state index in [-0.39, 0.29) is 4.83 Å². The van der Waals surface area contributed by atoms with Crippen molar-refractivity contribution >= 4 is 44.6 Å². The molecule has 4 nitrogen and oxygen atoms in total. The second-order valence-corrected chi connectivity index (χ2v) is 7.89. The fourth-order valence-electron chi connectivity index (χ4n) is 1.53. The highest BCUT2D eigenvalue weighted by atomic mass is 79.9. The van der Waals surface area contributed by atoms with Gasteiger partial charge in [0.05, 0.1) is 15.4 Å². The van der Waals surface area contributed by atoms with E-state index >= 15 is 0 Å². The molecule has 122 valence electrons. The molecule has 6 heteroatoms. The van der Waals surface area contributed by atoms with E-state index in [1.807, 2.05) is 20.8 Å². The number of alkyl halides is 1. The Balaban J connectivity index is 3.03. The van der Waals surface area contributed by atoms with Gasteiger partial charge in [0.2, 0.25) is 0 Å². The molecule has 22 heavy (non-hydrogen) atoms. The first-order valence-electron chi connectivity index (χ1n) is 7.10. The summed E-state index contributed by atoms with van der Waals surface area (Å²) >= 11 is 4.95. The number of anilines is 1. The summed E-state index contributed by atoms with van der Waals surface area (Å²) in [5, 5.41) is 3.21. The van der Waals surface area contributed by atoms with Crippen molar-refractivity contribution in [3.8, 4) is 0 Å². The van der Waals surface area contributed by atoms with Crippen LogP contribution in [0.5, 0.6) is 0 Å². The van der Waals surface area contributed by atoms with Crippen LogP contribution >= 0.6 is 27.3 Å². The van der Waals surface area contributed by atoms with Gasteiger partial charge < -0.3 is 4.74 Å². The Bertz CT molecular complexity index is 573. The van der Waals surface area contributed by atoms with E-state index in [1.54, 1.807) is 6.08 Å². The smallest absolute Gasteiger partial charge is 0.413 e. The molecule has 0 spiro atoms. The highest BCUT2D eigenvalue weighted by molar-refractivity contribution is 9.09. The zero-order valence-electron chi connectivity index (χ0n) is 13.7. The maximum atomic E-state index is 11.9. The molecule has 0 saturated heterocycles. The van der Waals surface area contributed by atoms with E-state index in [0.29, 0.717) is 5.13 Å². The van der Waals surface area contributed by atoms with Crippen LogP contribution in [0.3, 0.4) is 0 Å². The van der Waals surface area contributed by atoms with Gasteiger partial charge in [0.25, 0.3) is 0 Å². The lowest BCUT2D eigenvalue weighted by molar-refractivity contribution is 0.0636. The van der Waals surface area contributed by atoms with Gasteiger partial charge in [0.15, 0.2) is 5.13 Å². The zero-order valence-corrected chi connectivity index (χ0v) is 16.1. The lowest BCUT2D eigenvalue weighted by Gasteiger charge is -2.18. The number of rotatable bonds is 5. The number of carbonyl (C=O) groups is 1. The van der Waals surface area contributed by atoms with Gasteiger partial charge in [-0.25, -0.2) is 9.78 Å². The summed E-state index contributed by atoms with van der Waals surface area (Å²) in [4.78, 5) is 17.3. The third-order valence-electron chi connectivity index (χ3n) is 2.69. The number of aromatic nitrogens is 1. The van der Waals surface area contributed by atoms with Gasteiger partial charge in [-0.2, -0.15) is 0 Å². The van der Waals surface area contributed by atoms with Crippen LogP contribution in [0.1, 0.15) is 56.4 Å². The Kier molecular flexibility index (Phi) is 6.81. The van der Waals surface area contributed by atoms with Crippen LogP contribution in [0.2, 0.25) is 0 Å². The fourth-order valence-corrected chi connectivity index (χ4v) is 3.05. The Labute approximate surface area is 144 Å². The Morgan fingerprint density at radius 3 is 2.68 bits per heavy atom. The van der Waals surface area contributed by atoms with Crippen LogP contribution < -0.4 is 5.32 Å². The minimum Gasteiger partial charge on any atom is -0.444 e. The van der Waals surface area contributed by atoms with E-state index in [2.05, 4.69) is 52.7 Å². The molecule has 1 amide bonds. The molecule has 1 N–H and O–H groups in total. The van der Waals surface area contributed by atoms with Gasteiger partial charge in [0, 0.05) is 0 Å². The average molecular weight is 387 g/mol. The van der Waals surface area contributed by atoms with Crippen LogP contribution in [-0.2, 0) is 4.74 Å². The van der Waals surface area contributed by atoms with Crippen molar-refractivity contribution < 1.29 is 9.53 Å². The summed E-state index contributed by atoms with van der Waals surface area (Å²) in [6, 6.07) is 0. The molecule has 1 atom stereocenters. The molecule has 0 saturated carbocycles. The van der Waals surface area contributed by atoms with E-state index < -0.39 is 11.7 Å². The van der Waals surface area contributed by atoms with Gasteiger partial charge in [-0.1, -0.05) is 45.8 Å². The van der Waals surface area contributed by atoms with Crippen LogP contribution in [-0.4, -0.2) is 16.7 Å². The van der Waals surface area contributed by atoms with E-state index in [0.717, 1.165) is 17.0 Å². The summed E-state index contributed by atoms with van der Waals surface area (Å²) in [5.41, 5.74) is 1.56. The zero-order chi connectivity index (χ0) is 16.9. The molecule has 0 aliphatic heterocycles. The predicted molar refractivity (Wildman–Crippen MR) is 97.8 cm³/mol. The second kappa shape index (κ2) is 7.92. The fraction of sp³-hybridized carbons (Fsp3) is 0.500. The topological polar surface area (TPSA) is 51.2 Å². The molecule has 0 aromatic carbocycles. The molecule has 1 rings (SSSR count). The molecule has 1 heterocycles. The number of hydrogen-bond acceptors (Lipinski definition) is 4. The number of thiazole rings is 1. The first-order valence-corrected chi connectivity index (χ1v) is 8.84. The van der Waals surface area contributed by atoms with Gasteiger partial charge in [-0.3, -0.25) is 5.32 Å². The largest absolute Gasteiger partial charge is 0.444 e. The first kappa shape index (κ1) is 18.9. The van der Waals surface area contributed by atoms with E-state index in [1.165, 1.54) is 16.9 Å². The molecule has 0 aliphatic rings. The number of carbonyl (C=O) groups excluding carboxylic acids is 1. The van der Waals surface area contributed by atoms with Gasteiger partial charge in [-0.05, 0) is 40.2 Å². The van der Waals surface area contributed by atoms with Crippen LogP contribution in [0.25, 0.3) is 6.08 Å². The third-order valence-corrected chi connectivity index (χ3v) is 4.43. The monoisotopic (exact) mass is 386 g/mol. The normalized spacial score (nSPS) is 13.6. The van der Waals surface area contributed by atoms with Gasteiger partial charge >= 0.3 is 6.09 Å². The Morgan fingerprint density at radius 2 is 2.18 bits per heavy atom. The summed E-state index contributed by atoms with van der Waals surface area (Å²) in [6.45, 7) is 13.4. The molecular formula is C16H23BrN2O2S. The predicted octanol–water partition coefficient (Wildman–Crippen LogP) is 5.93. The Morgan fingerprint density at radius 1 is 1.55 bits per heavy atom. The molecule has 0 radical (unpaired) electrons. The maximum Gasteiger partial charge on any atom is 0.413 e. The quantitative estimate of drug-likeness (QED) is 0.504. The molecular weight excluding hydrogens is 364 g/mol. The number of nitrogens with zero attached hydrogens (tertiary/aromatic N) is 1.